The second kappa shape index (κ2) is 8.48. The molecule has 0 radical (unpaired) electrons. The molecule has 3 aliphatic rings. The third kappa shape index (κ3) is 3.85. The molecule has 0 bridgehead atoms. The number of halogens is 1. The number of ether oxygens (including phenoxy) is 1. The van der Waals surface area contributed by atoms with Crippen LogP contribution in [-0.2, 0) is 14.3 Å². The van der Waals surface area contributed by atoms with Crippen molar-refractivity contribution in [2.24, 2.45) is 5.92 Å². The number of hydrogen-bond donors (Lipinski definition) is 1. The summed E-state index contributed by atoms with van der Waals surface area (Å²) < 4.78 is 6.45. The molecule has 9 heteroatoms. The molecule has 1 aromatic carbocycles. The van der Waals surface area contributed by atoms with Crippen molar-refractivity contribution in [2.75, 3.05) is 13.2 Å². The van der Waals surface area contributed by atoms with E-state index in [9.17, 15) is 14.4 Å². The fraction of sp³-hybridized carbons (Fsp3) is 0.545. The Labute approximate surface area is 189 Å². The number of alkyl halides is 1. The van der Waals surface area contributed by atoms with Gasteiger partial charge in [-0.15, -0.1) is 22.9 Å². The van der Waals surface area contributed by atoms with Crippen molar-refractivity contribution < 1.29 is 19.1 Å². The second-order valence-electron chi connectivity index (χ2n) is 8.58. The Morgan fingerprint density at radius 3 is 2.87 bits per heavy atom. The summed E-state index contributed by atoms with van der Waals surface area (Å²) in [5.74, 6) is -0.587. The number of carbonyl (C=O) groups excluding carboxylic acids is 3. The molecule has 2 aliphatic heterocycles. The van der Waals surface area contributed by atoms with Crippen LogP contribution in [0, 0.1) is 5.92 Å². The van der Waals surface area contributed by atoms with Gasteiger partial charge in [-0.1, -0.05) is 19.3 Å². The van der Waals surface area contributed by atoms with E-state index in [0.29, 0.717) is 5.56 Å². The Morgan fingerprint density at radius 1 is 1.26 bits per heavy atom. The number of nitrogens with zero attached hydrogens (tertiary/aromatic N) is 2. The third-order valence-corrected chi connectivity index (χ3v) is 7.85. The smallest absolute Gasteiger partial charge is 0.251 e. The van der Waals surface area contributed by atoms with Gasteiger partial charge in [-0.2, -0.15) is 0 Å². The van der Waals surface area contributed by atoms with Crippen molar-refractivity contribution in [3.63, 3.8) is 0 Å². The molecule has 0 spiro atoms. The lowest BCUT2D eigenvalue weighted by Gasteiger charge is -2.34. The first-order valence-electron chi connectivity index (χ1n) is 10.8. The van der Waals surface area contributed by atoms with E-state index in [4.69, 9.17) is 16.3 Å². The average Bonchev–Trinajstić information content (AvgIpc) is 3.49. The van der Waals surface area contributed by atoms with E-state index in [2.05, 4.69) is 10.3 Å². The van der Waals surface area contributed by atoms with Crippen molar-refractivity contribution >= 4 is 50.8 Å². The zero-order chi connectivity index (χ0) is 21.5. The molecule has 1 aromatic heterocycles. The highest BCUT2D eigenvalue weighted by Gasteiger charge is 2.53. The SMILES string of the molecule is O=C(N[C@H](C(=O)N1C[C@H](Cl)[C@H]2OCC(=O)[C@H]21)C1CCCCC1)c1ccc2ncsc2c1. The highest BCUT2D eigenvalue weighted by Crippen LogP contribution is 2.34. The van der Waals surface area contributed by atoms with Crippen LogP contribution in [0.3, 0.4) is 0 Å². The maximum atomic E-state index is 13.7. The number of nitrogens with one attached hydrogen (secondary N) is 1. The number of carbonyl (C=O) groups is 3. The predicted molar refractivity (Wildman–Crippen MR) is 117 cm³/mol. The summed E-state index contributed by atoms with van der Waals surface area (Å²) in [6.07, 6.45) is 4.49. The molecule has 31 heavy (non-hydrogen) atoms. The number of amides is 2. The number of aromatic nitrogens is 1. The molecular weight excluding hydrogens is 438 g/mol. The van der Waals surface area contributed by atoms with E-state index in [1.165, 1.54) is 11.3 Å². The maximum absolute atomic E-state index is 13.7. The summed E-state index contributed by atoms with van der Waals surface area (Å²) in [7, 11) is 0. The minimum Gasteiger partial charge on any atom is -0.366 e. The molecule has 3 fully saturated rings. The van der Waals surface area contributed by atoms with Crippen LogP contribution >= 0.6 is 22.9 Å². The third-order valence-electron chi connectivity index (χ3n) is 6.67. The Hall–Kier alpha value is -2.03. The second-order valence-corrected chi connectivity index (χ2v) is 10.0. The molecule has 4 atom stereocenters. The standard InChI is InChI=1S/C22H24ClN3O4S/c23-14-9-26(19-16(27)10-30-20(14)19)22(29)18(12-4-2-1-3-5-12)25-21(28)13-6-7-15-17(8-13)31-11-24-15/h6-8,11-12,14,18-20H,1-5,9-10H2,(H,25,28)/t14-,18-,19+,20+/m0/s1. The van der Waals surface area contributed by atoms with Crippen molar-refractivity contribution in [2.45, 2.75) is 55.7 Å². The molecule has 5 rings (SSSR count). The zero-order valence-corrected chi connectivity index (χ0v) is 18.5. The number of fused-ring (bicyclic) bond motifs is 2. The minimum absolute atomic E-state index is 0.0162. The van der Waals surface area contributed by atoms with Gasteiger partial charge in [-0.05, 0) is 37.0 Å². The Bertz CT molecular complexity index is 1020. The molecule has 2 amide bonds. The fourth-order valence-electron chi connectivity index (χ4n) is 5.07. The van der Waals surface area contributed by atoms with Crippen molar-refractivity contribution in [1.82, 2.24) is 15.2 Å². The summed E-state index contributed by atoms with van der Waals surface area (Å²) >= 11 is 7.86. The van der Waals surface area contributed by atoms with Gasteiger partial charge < -0.3 is 15.0 Å². The molecule has 2 aromatic rings. The highest BCUT2D eigenvalue weighted by atomic mass is 35.5. The van der Waals surface area contributed by atoms with Gasteiger partial charge in [0.25, 0.3) is 5.91 Å². The van der Waals surface area contributed by atoms with Gasteiger partial charge in [0.15, 0.2) is 5.78 Å². The normalized spacial score (nSPS) is 27.5. The van der Waals surface area contributed by atoms with Crippen LogP contribution in [0.5, 0.6) is 0 Å². The number of rotatable bonds is 4. The molecule has 1 aliphatic carbocycles. The Balaban J connectivity index is 1.40. The monoisotopic (exact) mass is 461 g/mol. The Morgan fingerprint density at radius 2 is 2.06 bits per heavy atom. The minimum atomic E-state index is -0.680. The summed E-state index contributed by atoms with van der Waals surface area (Å²) in [4.78, 5) is 45.0. The number of benzene rings is 1. The van der Waals surface area contributed by atoms with Crippen LogP contribution in [-0.4, -0.2) is 64.2 Å². The maximum Gasteiger partial charge on any atom is 0.251 e. The first-order valence-corrected chi connectivity index (χ1v) is 12.1. The van der Waals surface area contributed by atoms with E-state index in [0.717, 1.165) is 42.3 Å². The fourth-order valence-corrected chi connectivity index (χ4v) is 6.15. The van der Waals surface area contributed by atoms with E-state index in [1.807, 2.05) is 6.07 Å². The molecule has 0 unspecified atom stereocenters. The molecule has 164 valence electrons. The van der Waals surface area contributed by atoms with Crippen LogP contribution in [0.15, 0.2) is 23.7 Å². The summed E-state index contributed by atoms with van der Waals surface area (Å²) in [5, 5.41) is 2.59. The predicted octanol–water partition coefficient (Wildman–Crippen LogP) is 2.76. The first kappa shape index (κ1) is 20.8. The quantitative estimate of drug-likeness (QED) is 0.707. The number of hydrogen-bond acceptors (Lipinski definition) is 6. The molecule has 2 saturated heterocycles. The lowest BCUT2D eigenvalue weighted by molar-refractivity contribution is -0.139. The molecule has 3 heterocycles. The number of thiazole rings is 1. The van der Waals surface area contributed by atoms with Gasteiger partial charge in [-0.25, -0.2) is 4.98 Å². The number of ketones is 1. The lowest BCUT2D eigenvalue weighted by atomic mass is 9.83. The average molecular weight is 462 g/mol. The molecular formula is C22H24ClN3O4S. The van der Waals surface area contributed by atoms with Gasteiger partial charge >= 0.3 is 0 Å². The highest BCUT2D eigenvalue weighted by molar-refractivity contribution is 7.16. The van der Waals surface area contributed by atoms with Gasteiger partial charge in [0.1, 0.15) is 24.8 Å². The lowest BCUT2D eigenvalue weighted by Crippen LogP contribution is -2.55. The van der Waals surface area contributed by atoms with Crippen LogP contribution in [0.2, 0.25) is 0 Å². The summed E-state index contributed by atoms with van der Waals surface area (Å²) in [6, 6.07) is 4.03. The molecule has 1 N–H and O–H groups in total. The van der Waals surface area contributed by atoms with Crippen molar-refractivity contribution in [3.8, 4) is 0 Å². The molecule has 7 nitrogen and oxygen atoms in total. The van der Waals surface area contributed by atoms with Crippen molar-refractivity contribution in [3.05, 3.63) is 29.3 Å². The van der Waals surface area contributed by atoms with Crippen LogP contribution in [0.25, 0.3) is 10.2 Å². The summed E-state index contributed by atoms with van der Waals surface area (Å²) in [5.41, 5.74) is 3.09. The number of Topliss-reactive ketones (excluding diaryl/α,β-unsaturated/α-hetero) is 1. The van der Waals surface area contributed by atoms with Crippen LogP contribution in [0.1, 0.15) is 42.5 Å². The van der Waals surface area contributed by atoms with Crippen LogP contribution < -0.4 is 5.32 Å². The van der Waals surface area contributed by atoms with Gasteiger partial charge in [0.05, 0.1) is 21.1 Å². The van der Waals surface area contributed by atoms with E-state index in [-0.39, 0.29) is 36.7 Å². The van der Waals surface area contributed by atoms with Gasteiger partial charge in [0.2, 0.25) is 5.91 Å². The van der Waals surface area contributed by atoms with Crippen molar-refractivity contribution in [1.29, 1.82) is 0 Å². The first-order chi connectivity index (χ1) is 15.0. The number of likely N-dealkylation sites (tertiary alicyclic amines) is 1. The largest absolute Gasteiger partial charge is 0.366 e. The van der Waals surface area contributed by atoms with Gasteiger partial charge in [-0.3, -0.25) is 14.4 Å². The topological polar surface area (TPSA) is 88.6 Å². The van der Waals surface area contributed by atoms with Crippen LogP contribution in [0.4, 0.5) is 0 Å². The van der Waals surface area contributed by atoms with Gasteiger partial charge in [0, 0.05) is 12.1 Å². The van der Waals surface area contributed by atoms with E-state index < -0.39 is 23.6 Å². The summed E-state index contributed by atoms with van der Waals surface area (Å²) in [6.45, 7) is 0.241. The molecule has 1 saturated carbocycles. The zero-order valence-electron chi connectivity index (χ0n) is 17.0. The Kier molecular flexibility index (Phi) is 5.71. The van der Waals surface area contributed by atoms with E-state index >= 15 is 0 Å². The van der Waals surface area contributed by atoms with E-state index in [1.54, 1.807) is 22.5 Å².